The molecule has 1 amide bonds. The molecule has 5 nitrogen and oxygen atoms in total. The monoisotopic (exact) mass is 448 g/mol. The molecule has 0 aliphatic carbocycles. The number of nitrogens with zero attached hydrogens (tertiary/aromatic N) is 1. The number of nitrogens with one attached hydrogen (secondary N) is 1. The molecule has 2 aromatic carbocycles. The maximum Gasteiger partial charge on any atom is 0.246 e. The third kappa shape index (κ3) is 4.63. The van der Waals surface area contributed by atoms with Crippen molar-refractivity contribution in [2.45, 2.75) is 17.7 Å². The van der Waals surface area contributed by atoms with E-state index in [-0.39, 0.29) is 31.8 Å². The second-order valence-corrected chi connectivity index (χ2v) is 9.18. The Kier molecular flexibility index (Phi) is 6.24. The lowest BCUT2D eigenvalue weighted by Crippen LogP contribution is -2.41. The summed E-state index contributed by atoms with van der Waals surface area (Å²) in [4.78, 5) is 11.7. The van der Waals surface area contributed by atoms with Crippen LogP contribution in [0.1, 0.15) is 12.8 Å². The smallest absolute Gasteiger partial charge is 0.246 e. The molecule has 1 aliphatic rings. The van der Waals surface area contributed by atoms with Crippen molar-refractivity contribution in [1.82, 2.24) is 4.31 Å². The number of rotatable bonds is 4. The molecular formula is C18H16Cl2F2N2O3S. The van der Waals surface area contributed by atoms with E-state index in [1.54, 1.807) is 12.1 Å². The van der Waals surface area contributed by atoms with Gasteiger partial charge in [0.2, 0.25) is 15.9 Å². The van der Waals surface area contributed by atoms with Crippen molar-refractivity contribution in [1.29, 1.82) is 0 Å². The first kappa shape index (κ1) is 21.0. The summed E-state index contributed by atoms with van der Waals surface area (Å²) in [6.45, 7) is 0.0410. The summed E-state index contributed by atoms with van der Waals surface area (Å²) < 4.78 is 53.5. The summed E-state index contributed by atoms with van der Waals surface area (Å²) in [7, 11) is -4.18. The Hall–Kier alpha value is -1.74. The molecule has 1 aliphatic heterocycles. The molecule has 3 rings (SSSR count). The fourth-order valence-corrected chi connectivity index (χ4v) is 5.11. The molecule has 0 unspecified atom stereocenters. The van der Waals surface area contributed by atoms with Crippen LogP contribution < -0.4 is 5.32 Å². The first-order valence-corrected chi connectivity index (χ1v) is 10.6. The number of sulfonamides is 1. The van der Waals surface area contributed by atoms with Crippen molar-refractivity contribution in [3.63, 3.8) is 0 Å². The SMILES string of the molecule is O=C(Nc1cc(Cl)cc(Cl)c1)C1CCN(S(=O)(=O)c2cc(F)ccc2F)CC1. The van der Waals surface area contributed by atoms with E-state index in [0.29, 0.717) is 21.8 Å². The van der Waals surface area contributed by atoms with Crippen LogP contribution in [0.25, 0.3) is 0 Å². The number of hydrogen-bond donors (Lipinski definition) is 1. The van der Waals surface area contributed by atoms with Crippen LogP contribution in [0.3, 0.4) is 0 Å². The van der Waals surface area contributed by atoms with Gasteiger partial charge in [0.05, 0.1) is 0 Å². The van der Waals surface area contributed by atoms with Crippen LogP contribution in [0.15, 0.2) is 41.3 Å². The van der Waals surface area contributed by atoms with Crippen molar-refractivity contribution < 1.29 is 22.0 Å². The van der Waals surface area contributed by atoms with Crippen molar-refractivity contribution in [2.75, 3.05) is 18.4 Å². The van der Waals surface area contributed by atoms with E-state index >= 15 is 0 Å². The largest absolute Gasteiger partial charge is 0.326 e. The minimum absolute atomic E-state index is 0.0205. The van der Waals surface area contributed by atoms with Crippen molar-refractivity contribution in [3.8, 4) is 0 Å². The van der Waals surface area contributed by atoms with E-state index in [9.17, 15) is 22.0 Å². The zero-order chi connectivity index (χ0) is 20.5. The van der Waals surface area contributed by atoms with Crippen molar-refractivity contribution in [2.24, 2.45) is 5.92 Å². The maximum absolute atomic E-state index is 13.9. The summed E-state index contributed by atoms with van der Waals surface area (Å²) in [5.74, 6) is -2.57. The number of piperidine rings is 1. The predicted octanol–water partition coefficient (Wildman–Crippen LogP) is 4.31. The van der Waals surface area contributed by atoms with Gasteiger partial charge in [-0.3, -0.25) is 4.79 Å². The average Bonchev–Trinajstić information content (AvgIpc) is 2.63. The van der Waals surface area contributed by atoms with Crippen LogP contribution in [-0.4, -0.2) is 31.7 Å². The molecule has 1 heterocycles. The highest BCUT2D eigenvalue weighted by Gasteiger charge is 2.33. The first-order chi connectivity index (χ1) is 13.2. The van der Waals surface area contributed by atoms with E-state index in [1.807, 2.05) is 0 Å². The highest BCUT2D eigenvalue weighted by molar-refractivity contribution is 7.89. The maximum atomic E-state index is 13.9. The van der Waals surface area contributed by atoms with Crippen LogP contribution in [-0.2, 0) is 14.8 Å². The summed E-state index contributed by atoms with van der Waals surface area (Å²) in [6.07, 6.45) is 0.493. The first-order valence-electron chi connectivity index (χ1n) is 8.39. The van der Waals surface area contributed by atoms with E-state index in [2.05, 4.69) is 5.32 Å². The molecule has 0 atom stereocenters. The van der Waals surface area contributed by atoms with Crippen LogP contribution in [0.2, 0.25) is 10.0 Å². The molecule has 150 valence electrons. The molecule has 1 saturated heterocycles. The number of carbonyl (C=O) groups excluding carboxylic acids is 1. The molecule has 10 heteroatoms. The zero-order valence-corrected chi connectivity index (χ0v) is 16.8. The van der Waals surface area contributed by atoms with Gasteiger partial charge in [-0.15, -0.1) is 0 Å². The van der Waals surface area contributed by atoms with Gasteiger partial charge in [-0.2, -0.15) is 4.31 Å². The number of halogens is 4. The quantitative estimate of drug-likeness (QED) is 0.757. The molecule has 0 spiro atoms. The Balaban J connectivity index is 1.66. The van der Waals surface area contributed by atoms with E-state index in [4.69, 9.17) is 23.2 Å². The molecule has 0 aromatic heterocycles. The lowest BCUT2D eigenvalue weighted by molar-refractivity contribution is -0.120. The summed E-state index contributed by atoms with van der Waals surface area (Å²) in [5.41, 5.74) is 0.444. The standard InChI is InChI=1S/C18H16Cl2F2N2O3S/c19-12-7-13(20)9-15(8-12)23-18(25)11-3-5-24(6-4-11)28(26,27)17-10-14(21)1-2-16(17)22/h1-2,7-11H,3-6H2,(H,23,25). The second kappa shape index (κ2) is 8.32. The summed E-state index contributed by atoms with van der Waals surface area (Å²) in [5, 5.41) is 3.46. The van der Waals surface area contributed by atoms with Gasteiger partial charge in [0.25, 0.3) is 0 Å². The number of hydrogen-bond acceptors (Lipinski definition) is 3. The number of anilines is 1. The van der Waals surface area contributed by atoms with Crippen LogP contribution in [0.5, 0.6) is 0 Å². The lowest BCUT2D eigenvalue weighted by atomic mass is 9.97. The Morgan fingerprint density at radius 3 is 2.25 bits per heavy atom. The number of benzene rings is 2. The van der Waals surface area contributed by atoms with E-state index < -0.39 is 32.5 Å². The number of carbonyl (C=O) groups is 1. The molecular weight excluding hydrogens is 433 g/mol. The molecule has 28 heavy (non-hydrogen) atoms. The zero-order valence-electron chi connectivity index (χ0n) is 14.5. The van der Waals surface area contributed by atoms with Gasteiger partial charge in [-0.1, -0.05) is 23.2 Å². The average molecular weight is 449 g/mol. The normalized spacial score (nSPS) is 16.1. The van der Waals surface area contributed by atoms with Gasteiger partial charge < -0.3 is 5.32 Å². The second-order valence-electron chi connectivity index (χ2n) is 6.40. The molecule has 0 bridgehead atoms. The molecule has 1 fully saturated rings. The van der Waals surface area contributed by atoms with Crippen LogP contribution in [0, 0.1) is 17.6 Å². The van der Waals surface area contributed by atoms with Crippen LogP contribution in [0.4, 0.5) is 14.5 Å². The fourth-order valence-electron chi connectivity index (χ4n) is 3.04. The molecule has 0 radical (unpaired) electrons. The highest BCUT2D eigenvalue weighted by atomic mass is 35.5. The van der Waals surface area contributed by atoms with E-state index in [0.717, 1.165) is 16.4 Å². The Labute approximate surface area is 171 Å². The van der Waals surface area contributed by atoms with Gasteiger partial charge in [0, 0.05) is 34.7 Å². The summed E-state index contributed by atoms with van der Waals surface area (Å²) in [6, 6.07) is 6.93. The lowest BCUT2D eigenvalue weighted by Gasteiger charge is -2.30. The topological polar surface area (TPSA) is 66.5 Å². The summed E-state index contributed by atoms with van der Waals surface area (Å²) >= 11 is 11.8. The van der Waals surface area contributed by atoms with Gasteiger partial charge in [-0.05, 0) is 49.2 Å². The Morgan fingerprint density at radius 1 is 1.04 bits per heavy atom. The van der Waals surface area contributed by atoms with Gasteiger partial charge >= 0.3 is 0 Å². The van der Waals surface area contributed by atoms with Crippen LogP contribution >= 0.6 is 23.2 Å². The predicted molar refractivity (Wildman–Crippen MR) is 103 cm³/mol. The molecule has 2 aromatic rings. The third-order valence-electron chi connectivity index (χ3n) is 4.47. The van der Waals surface area contributed by atoms with E-state index in [1.165, 1.54) is 6.07 Å². The van der Waals surface area contributed by atoms with Crippen molar-refractivity contribution in [3.05, 3.63) is 58.1 Å². The van der Waals surface area contributed by atoms with Gasteiger partial charge in [-0.25, -0.2) is 17.2 Å². The van der Waals surface area contributed by atoms with Gasteiger partial charge in [0.15, 0.2) is 0 Å². The van der Waals surface area contributed by atoms with Gasteiger partial charge in [0.1, 0.15) is 16.5 Å². The fraction of sp³-hybridized carbons (Fsp3) is 0.278. The molecule has 0 saturated carbocycles. The van der Waals surface area contributed by atoms with Crippen molar-refractivity contribution >= 4 is 44.8 Å². The Bertz CT molecular complexity index is 990. The number of amides is 1. The molecule has 1 N–H and O–H groups in total. The minimum atomic E-state index is -4.18. The Morgan fingerprint density at radius 2 is 1.64 bits per heavy atom. The third-order valence-corrected chi connectivity index (χ3v) is 6.82. The highest BCUT2D eigenvalue weighted by Crippen LogP contribution is 2.28. The minimum Gasteiger partial charge on any atom is -0.326 e.